The quantitative estimate of drug-likeness (QED) is 0.726. The highest BCUT2D eigenvalue weighted by atomic mass is 79.9. The van der Waals surface area contributed by atoms with Crippen molar-refractivity contribution in [1.82, 2.24) is 9.55 Å². The van der Waals surface area contributed by atoms with Gasteiger partial charge in [0.15, 0.2) is 0 Å². The Morgan fingerprint density at radius 3 is 2.75 bits per heavy atom. The van der Waals surface area contributed by atoms with Crippen LogP contribution in [0.25, 0.3) is 16.7 Å². The van der Waals surface area contributed by atoms with E-state index in [2.05, 4.69) is 27.0 Å². The van der Waals surface area contributed by atoms with Crippen LogP contribution in [0.3, 0.4) is 0 Å². The minimum atomic E-state index is 0.333. The molecule has 3 aromatic rings. The van der Waals surface area contributed by atoms with Gasteiger partial charge in [0.2, 0.25) is 5.95 Å². The molecule has 2 aromatic carbocycles. The van der Waals surface area contributed by atoms with E-state index in [-0.39, 0.29) is 0 Å². The van der Waals surface area contributed by atoms with Crippen molar-refractivity contribution in [3.63, 3.8) is 0 Å². The number of imidazole rings is 1. The first-order valence-corrected chi connectivity index (χ1v) is 6.91. The Morgan fingerprint density at radius 2 is 2.05 bits per heavy atom. The number of rotatable bonds is 1. The van der Waals surface area contributed by atoms with Gasteiger partial charge in [-0.05, 0) is 36.4 Å². The summed E-state index contributed by atoms with van der Waals surface area (Å²) in [6.07, 6.45) is 0. The predicted octanol–water partition coefficient (Wildman–Crippen LogP) is 3.90. The van der Waals surface area contributed by atoms with Crippen LogP contribution in [-0.4, -0.2) is 9.55 Å². The van der Waals surface area contributed by atoms with Gasteiger partial charge >= 0.3 is 0 Å². The van der Waals surface area contributed by atoms with E-state index in [9.17, 15) is 0 Å². The summed E-state index contributed by atoms with van der Waals surface area (Å²) >= 11 is 9.63. The molecule has 98 valence electrons. The molecule has 0 unspecified atom stereocenters. The van der Waals surface area contributed by atoms with Gasteiger partial charge in [0.05, 0.1) is 33.4 Å². The second-order valence-electron chi connectivity index (χ2n) is 4.22. The maximum atomic E-state index is 9.01. The largest absolute Gasteiger partial charge is 0.369 e. The predicted molar refractivity (Wildman–Crippen MR) is 82.9 cm³/mol. The second kappa shape index (κ2) is 4.82. The number of halogens is 2. The molecule has 0 saturated carbocycles. The molecule has 0 atom stereocenters. The lowest BCUT2D eigenvalue weighted by Gasteiger charge is -2.09. The number of nitrogens with two attached hydrogens (primary N) is 1. The highest BCUT2D eigenvalue weighted by Gasteiger charge is 2.13. The monoisotopic (exact) mass is 346 g/mol. The standard InChI is InChI=1S/C14H8BrClN4/c15-9-2-4-12(10(16)6-9)20-13-5-8(7-17)1-3-11(13)19-14(20)18/h1-6H,(H2,18,19). The molecule has 0 bridgehead atoms. The number of aromatic nitrogens is 2. The third-order valence-corrected chi connectivity index (χ3v) is 3.76. The van der Waals surface area contributed by atoms with E-state index in [1.165, 1.54) is 0 Å². The summed E-state index contributed by atoms with van der Waals surface area (Å²) in [4.78, 5) is 4.29. The molecule has 1 heterocycles. The molecule has 4 nitrogen and oxygen atoms in total. The second-order valence-corrected chi connectivity index (χ2v) is 5.54. The first-order valence-electron chi connectivity index (χ1n) is 5.73. The van der Waals surface area contributed by atoms with Crippen LogP contribution < -0.4 is 5.73 Å². The number of anilines is 1. The molecule has 0 aliphatic heterocycles. The average Bonchev–Trinajstić information content (AvgIpc) is 2.74. The summed E-state index contributed by atoms with van der Waals surface area (Å²) in [7, 11) is 0. The lowest BCUT2D eigenvalue weighted by atomic mass is 10.2. The van der Waals surface area contributed by atoms with E-state index in [1.807, 2.05) is 12.1 Å². The molecule has 0 fully saturated rings. The van der Waals surface area contributed by atoms with E-state index < -0.39 is 0 Å². The van der Waals surface area contributed by atoms with E-state index in [1.54, 1.807) is 28.8 Å². The molecule has 20 heavy (non-hydrogen) atoms. The third-order valence-electron chi connectivity index (χ3n) is 2.96. The van der Waals surface area contributed by atoms with Crippen molar-refractivity contribution in [3.8, 4) is 11.8 Å². The normalized spacial score (nSPS) is 10.7. The average molecular weight is 348 g/mol. The third kappa shape index (κ3) is 2.03. The van der Waals surface area contributed by atoms with Gasteiger partial charge in [-0.2, -0.15) is 5.26 Å². The highest BCUT2D eigenvalue weighted by molar-refractivity contribution is 9.10. The Kier molecular flexibility index (Phi) is 3.13. The molecule has 0 amide bonds. The summed E-state index contributed by atoms with van der Waals surface area (Å²) in [5.41, 5.74) is 8.74. The lowest BCUT2D eigenvalue weighted by Crippen LogP contribution is -2.01. The summed E-state index contributed by atoms with van der Waals surface area (Å²) in [5, 5.41) is 9.56. The molecule has 0 radical (unpaired) electrons. The van der Waals surface area contributed by atoms with Crippen LogP contribution in [0.15, 0.2) is 40.9 Å². The van der Waals surface area contributed by atoms with Gasteiger partial charge in [0.1, 0.15) is 0 Å². The first kappa shape index (κ1) is 13.0. The zero-order valence-electron chi connectivity index (χ0n) is 10.1. The number of hydrogen-bond donors (Lipinski definition) is 1. The Morgan fingerprint density at radius 1 is 1.25 bits per heavy atom. The highest BCUT2D eigenvalue weighted by Crippen LogP contribution is 2.30. The van der Waals surface area contributed by atoms with Gasteiger partial charge in [-0.15, -0.1) is 0 Å². The Bertz CT molecular complexity index is 863. The minimum Gasteiger partial charge on any atom is -0.369 e. The number of benzene rings is 2. The van der Waals surface area contributed by atoms with Gasteiger partial charge < -0.3 is 5.73 Å². The molecule has 0 aliphatic carbocycles. The molecular formula is C14H8BrClN4. The zero-order valence-corrected chi connectivity index (χ0v) is 12.5. The summed E-state index contributed by atoms with van der Waals surface area (Å²) in [6, 6.07) is 12.9. The van der Waals surface area contributed by atoms with Crippen LogP contribution in [-0.2, 0) is 0 Å². The van der Waals surface area contributed by atoms with Crippen molar-refractivity contribution < 1.29 is 0 Å². The molecule has 1 aromatic heterocycles. The number of fused-ring (bicyclic) bond motifs is 1. The van der Waals surface area contributed by atoms with Crippen LogP contribution >= 0.6 is 27.5 Å². The molecule has 0 spiro atoms. The maximum absolute atomic E-state index is 9.01. The van der Waals surface area contributed by atoms with Crippen molar-refractivity contribution in [2.45, 2.75) is 0 Å². The van der Waals surface area contributed by atoms with Crippen molar-refractivity contribution in [1.29, 1.82) is 5.26 Å². The molecule has 0 saturated heterocycles. The number of nitriles is 1. The Labute approximate surface area is 128 Å². The Balaban J connectivity index is 2.35. The van der Waals surface area contributed by atoms with Crippen molar-refractivity contribution in [2.75, 3.05) is 5.73 Å². The number of hydrogen-bond acceptors (Lipinski definition) is 3. The number of nitrogens with zero attached hydrogens (tertiary/aromatic N) is 3. The van der Waals surface area contributed by atoms with E-state index in [0.717, 1.165) is 21.2 Å². The molecule has 2 N–H and O–H groups in total. The maximum Gasteiger partial charge on any atom is 0.205 e. The van der Waals surface area contributed by atoms with Crippen LogP contribution in [0.2, 0.25) is 5.02 Å². The van der Waals surface area contributed by atoms with Crippen LogP contribution in [0.1, 0.15) is 5.56 Å². The van der Waals surface area contributed by atoms with Crippen molar-refractivity contribution in [2.24, 2.45) is 0 Å². The fourth-order valence-electron chi connectivity index (χ4n) is 2.08. The molecule has 6 heteroatoms. The molecule has 3 rings (SSSR count). The first-order chi connectivity index (χ1) is 9.60. The van der Waals surface area contributed by atoms with Crippen LogP contribution in [0.4, 0.5) is 5.95 Å². The van der Waals surface area contributed by atoms with Crippen molar-refractivity contribution >= 4 is 44.5 Å². The van der Waals surface area contributed by atoms with Gasteiger partial charge in [0.25, 0.3) is 0 Å². The van der Waals surface area contributed by atoms with E-state index in [0.29, 0.717) is 16.5 Å². The SMILES string of the molecule is N#Cc1ccc2nc(N)n(-c3ccc(Br)cc3Cl)c2c1. The topological polar surface area (TPSA) is 67.6 Å². The molecule has 0 aliphatic rings. The van der Waals surface area contributed by atoms with Crippen LogP contribution in [0, 0.1) is 11.3 Å². The van der Waals surface area contributed by atoms with Crippen LogP contribution in [0.5, 0.6) is 0 Å². The van der Waals surface area contributed by atoms with Gasteiger partial charge in [0, 0.05) is 4.47 Å². The van der Waals surface area contributed by atoms with E-state index >= 15 is 0 Å². The fourth-order valence-corrected chi connectivity index (χ4v) is 2.84. The van der Waals surface area contributed by atoms with Crippen molar-refractivity contribution in [3.05, 3.63) is 51.5 Å². The van der Waals surface area contributed by atoms with E-state index in [4.69, 9.17) is 22.6 Å². The minimum absolute atomic E-state index is 0.333. The summed E-state index contributed by atoms with van der Waals surface area (Å²) < 4.78 is 2.62. The summed E-state index contributed by atoms with van der Waals surface area (Å²) in [6.45, 7) is 0. The Hall–Kier alpha value is -2.03. The smallest absolute Gasteiger partial charge is 0.205 e. The van der Waals surface area contributed by atoms with Gasteiger partial charge in [-0.3, -0.25) is 4.57 Å². The zero-order chi connectivity index (χ0) is 14.3. The molecular weight excluding hydrogens is 340 g/mol. The summed E-state index contributed by atoms with van der Waals surface area (Å²) in [5.74, 6) is 0.333. The van der Waals surface area contributed by atoms with Gasteiger partial charge in [-0.1, -0.05) is 27.5 Å². The lowest BCUT2D eigenvalue weighted by molar-refractivity contribution is 1.11. The number of nitrogen functional groups attached to an aromatic ring is 1. The fraction of sp³-hybridized carbons (Fsp3) is 0. The van der Waals surface area contributed by atoms with Gasteiger partial charge in [-0.25, -0.2) is 4.98 Å².